The van der Waals surface area contributed by atoms with Crippen LogP contribution in [0.3, 0.4) is 0 Å². The average Bonchev–Trinajstić information content (AvgIpc) is 3.16. The Balaban J connectivity index is 1.63. The van der Waals surface area contributed by atoms with Gasteiger partial charge in [0.05, 0.1) is 5.39 Å². The van der Waals surface area contributed by atoms with Crippen molar-refractivity contribution in [1.82, 2.24) is 9.97 Å². The summed E-state index contributed by atoms with van der Waals surface area (Å²) in [6, 6.07) is 8.97. The lowest BCUT2D eigenvalue weighted by atomic mass is 10.2. The third kappa shape index (κ3) is 2.70. The maximum Gasteiger partial charge on any atom is 0.374 e. The molecular weight excluding hydrogens is 352 g/mol. The van der Waals surface area contributed by atoms with Crippen molar-refractivity contribution in [2.24, 2.45) is 0 Å². The number of aryl methyl sites for hydroxylation is 2. The Morgan fingerprint density at radius 3 is 2.85 bits per heavy atom. The molecule has 1 N–H and O–H groups in total. The molecule has 0 bridgehead atoms. The number of carbonyl (C=O) groups excluding carboxylic acids is 1. The zero-order valence-electron chi connectivity index (χ0n) is 14.5. The van der Waals surface area contributed by atoms with E-state index < -0.39 is 12.1 Å². The van der Waals surface area contributed by atoms with E-state index in [-0.39, 0.29) is 11.3 Å². The van der Waals surface area contributed by atoms with E-state index in [9.17, 15) is 9.59 Å². The molecule has 1 unspecified atom stereocenters. The average molecular weight is 368 g/mol. The number of rotatable bonds is 3. The van der Waals surface area contributed by atoms with Crippen LogP contribution >= 0.6 is 11.3 Å². The highest BCUT2D eigenvalue weighted by Gasteiger charge is 2.21. The lowest BCUT2D eigenvalue weighted by molar-refractivity contribution is 0.0286. The first-order valence-corrected chi connectivity index (χ1v) is 8.95. The summed E-state index contributed by atoms with van der Waals surface area (Å²) in [6.07, 6.45) is -0.712. The summed E-state index contributed by atoms with van der Waals surface area (Å²) in [5, 5.41) is 1.41. The molecule has 6 nitrogen and oxygen atoms in total. The zero-order chi connectivity index (χ0) is 18.4. The van der Waals surface area contributed by atoms with Crippen LogP contribution in [0, 0.1) is 13.8 Å². The van der Waals surface area contributed by atoms with Crippen LogP contribution in [0.2, 0.25) is 0 Å². The number of furan rings is 1. The smallest absolute Gasteiger partial charge is 0.374 e. The third-order valence-corrected chi connectivity index (χ3v) is 5.45. The number of aromatic nitrogens is 2. The van der Waals surface area contributed by atoms with Crippen molar-refractivity contribution in [3.63, 3.8) is 0 Å². The summed E-state index contributed by atoms with van der Waals surface area (Å²) in [5.74, 6) is -0.174. The molecule has 0 saturated heterocycles. The van der Waals surface area contributed by atoms with Crippen molar-refractivity contribution < 1.29 is 13.9 Å². The molecule has 0 spiro atoms. The molecule has 0 saturated carbocycles. The summed E-state index contributed by atoms with van der Waals surface area (Å²) in [7, 11) is 0. The summed E-state index contributed by atoms with van der Waals surface area (Å²) in [5.41, 5.74) is 1.32. The fourth-order valence-corrected chi connectivity index (χ4v) is 3.86. The third-order valence-electron chi connectivity index (χ3n) is 4.35. The Morgan fingerprint density at radius 1 is 1.31 bits per heavy atom. The highest BCUT2D eigenvalue weighted by Crippen LogP contribution is 2.27. The maximum absolute atomic E-state index is 12.4. The van der Waals surface area contributed by atoms with Gasteiger partial charge in [-0.05, 0) is 38.5 Å². The van der Waals surface area contributed by atoms with Crippen molar-refractivity contribution in [3.05, 3.63) is 62.7 Å². The molecule has 4 rings (SSSR count). The number of para-hydroxylation sites is 1. The molecule has 3 heterocycles. The van der Waals surface area contributed by atoms with Crippen LogP contribution in [0.4, 0.5) is 0 Å². The highest BCUT2D eigenvalue weighted by atomic mass is 32.1. The van der Waals surface area contributed by atoms with Crippen molar-refractivity contribution in [2.45, 2.75) is 26.9 Å². The van der Waals surface area contributed by atoms with E-state index in [2.05, 4.69) is 9.97 Å². The predicted octanol–water partition coefficient (Wildman–Crippen LogP) is 4.27. The summed E-state index contributed by atoms with van der Waals surface area (Å²) in [6.45, 7) is 5.51. The van der Waals surface area contributed by atoms with Crippen molar-refractivity contribution >= 4 is 38.5 Å². The number of H-pyrrole nitrogens is 1. The van der Waals surface area contributed by atoms with Crippen LogP contribution in [-0.4, -0.2) is 15.9 Å². The van der Waals surface area contributed by atoms with E-state index in [0.29, 0.717) is 21.6 Å². The topological polar surface area (TPSA) is 85.2 Å². The van der Waals surface area contributed by atoms with Crippen LogP contribution < -0.4 is 5.56 Å². The lowest BCUT2D eigenvalue weighted by Crippen LogP contribution is -2.17. The van der Waals surface area contributed by atoms with E-state index in [1.807, 2.05) is 32.0 Å². The van der Waals surface area contributed by atoms with Crippen LogP contribution in [-0.2, 0) is 4.74 Å². The first-order valence-electron chi connectivity index (χ1n) is 8.13. The molecule has 0 radical (unpaired) electrons. The quantitative estimate of drug-likeness (QED) is 0.546. The van der Waals surface area contributed by atoms with Crippen LogP contribution in [0.15, 0.2) is 39.5 Å². The Kier molecular flexibility index (Phi) is 3.88. The van der Waals surface area contributed by atoms with Gasteiger partial charge >= 0.3 is 5.97 Å². The van der Waals surface area contributed by atoms with E-state index >= 15 is 0 Å². The second kappa shape index (κ2) is 6.10. The van der Waals surface area contributed by atoms with Crippen LogP contribution in [0.5, 0.6) is 0 Å². The minimum atomic E-state index is -0.712. The monoisotopic (exact) mass is 368 g/mol. The van der Waals surface area contributed by atoms with Gasteiger partial charge in [0.15, 0.2) is 11.9 Å². The Labute approximate surface area is 152 Å². The van der Waals surface area contributed by atoms with Gasteiger partial charge in [-0.1, -0.05) is 18.2 Å². The number of fused-ring (bicyclic) bond motifs is 2. The van der Waals surface area contributed by atoms with Crippen molar-refractivity contribution in [1.29, 1.82) is 0 Å². The molecule has 0 aliphatic heterocycles. The first kappa shape index (κ1) is 16.5. The van der Waals surface area contributed by atoms with Gasteiger partial charge in [-0.25, -0.2) is 9.78 Å². The predicted molar refractivity (Wildman–Crippen MR) is 99.8 cm³/mol. The van der Waals surface area contributed by atoms with Crippen molar-refractivity contribution in [3.8, 4) is 0 Å². The number of nitrogens with one attached hydrogen (secondary N) is 1. The maximum atomic E-state index is 12.4. The van der Waals surface area contributed by atoms with Gasteiger partial charge in [0.2, 0.25) is 5.76 Å². The Morgan fingerprint density at radius 2 is 2.08 bits per heavy atom. The van der Waals surface area contributed by atoms with Gasteiger partial charge in [0.25, 0.3) is 5.56 Å². The number of carbonyl (C=O) groups is 1. The second-order valence-corrected chi connectivity index (χ2v) is 7.31. The summed E-state index contributed by atoms with van der Waals surface area (Å²) >= 11 is 1.45. The van der Waals surface area contributed by atoms with Crippen molar-refractivity contribution in [2.75, 3.05) is 0 Å². The van der Waals surface area contributed by atoms with E-state index in [1.54, 1.807) is 19.1 Å². The first-order chi connectivity index (χ1) is 12.4. The van der Waals surface area contributed by atoms with Crippen LogP contribution in [0.25, 0.3) is 21.2 Å². The number of thiophene rings is 1. The number of hydrogen-bond acceptors (Lipinski definition) is 6. The molecule has 3 aromatic heterocycles. The van der Waals surface area contributed by atoms with E-state index in [1.165, 1.54) is 11.3 Å². The molecule has 4 aromatic rings. The number of ether oxygens (including phenoxy) is 1. The molecule has 0 fully saturated rings. The SMILES string of the molecule is Cc1sc2nc(C(C)OC(=O)c3cc4ccccc4o3)[nH]c(=O)c2c1C. The molecule has 0 aliphatic rings. The summed E-state index contributed by atoms with van der Waals surface area (Å²) < 4.78 is 10.9. The van der Waals surface area contributed by atoms with Gasteiger partial charge in [-0.3, -0.25) is 4.79 Å². The zero-order valence-corrected chi connectivity index (χ0v) is 15.3. The molecule has 7 heteroatoms. The van der Waals surface area contributed by atoms with Gasteiger partial charge in [-0.2, -0.15) is 0 Å². The van der Waals surface area contributed by atoms with Gasteiger partial charge in [-0.15, -0.1) is 11.3 Å². The van der Waals surface area contributed by atoms with Gasteiger partial charge < -0.3 is 14.1 Å². The number of hydrogen-bond donors (Lipinski definition) is 1. The highest BCUT2D eigenvalue weighted by molar-refractivity contribution is 7.18. The normalized spacial score (nSPS) is 12.6. The largest absolute Gasteiger partial charge is 0.449 e. The molecule has 1 aromatic carbocycles. The lowest BCUT2D eigenvalue weighted by Gasteiger charge is -2.11. The molecular formula is C19H16N2O4S. The van der Waals surface area contributed by atoms with E-state index in [4.69, 9.17) is 9.15 Å². The molecule has 1 atom stereocenters. The minimum absolute atomic E-state index is 0.115. The summed E-state index contributed by atoms with van der Waals surface area (Å²) in [4.78, 5) is 33.6. The van der Waals surface area contributed by atoms with E-state index in [0.717, 1.165) is 15.8 Å². The second-order valence-electron chi connectivity index (χ2n) is 6.11. The minimum Gasteiger partial charge on any atom is -0.449 e. The Hall–Kier alpha value is -2.93. The fourth-order valence-electron chi connectivity index (χ4n) is 2.82. The number of aromatic amines is 1. The van der Waals surface area contributed by atoms with Gasteiger partial charge in [0.1, 0.15) is 10.4 Å². The number of esters is 1. The van der Waals surface area contributed by atoms with Crippen LogP contribution in [0.1, 0.15) is 39.8 Å². The molecule has 0 amide bonds. The number of benzene rings is 1. The standard InChI is InChI=1S/C19H16N2O4S/c1-9-11(3)26-18-15(9)17(22)20-16(21-18)10(2)24-19(23)14-8-12-6-4-5-7-13(12)25-14/h4-8,10H,1-3H3,(H,20,21,22). The molecule has 0 aliphatic carbocycles. The fraction of sp³-hybridized carbons (Fsp3) is 0.211. The van der Waals surface area contributed by atoms with Gasteiger partial charge in [0, 0.05) is 10.3 Å². The number of nitrogens with zero attached hydrogens (tertiary/aromatic N) is 1. The molecule has 26 heavy (non-hydrogen) atoms. The Bertz CT molecular complexity index is 1170. The molecule has 132 valence electrons.